The Hall–Kier alpha value is -1.26. The molecule has 1 aromatic carbocycles. The number of ether oxygens (including phenoxy) is 1. The molecule has 0 saturated carbocycles. The van der Waals surface area contributed by atoms with Gasteiger partial charge in [-0.2, -0.15) is 0 Å². The van der Waals surface area contributed by atoms with E-state index in [0.717, 1.165) is 5.56 Å². The molecule has 2 atom stereocenters. The van der Waals surface area contributed by atoms with E-state index >= 15 is 0 Å². The van der Waals surface area contributed by atoms with Crippen LogP contribution >= 0.6 is 11.6 Å². The van der Waals surface area contributed by atoms with E-state index in [-0.39, 0.29) is 0 Å². The maximum absolute atomic E-state index is 10.8. The van der Waals surface area contributed by atoms with Crippen LogP contribution < -0.4 is 5.73 Å². The molecule has 0 saturated heterocycles. The summed E-state index contributed by atoms with van der Waals surface area (Å²) in [7, 11) is 0. The largest absolute Gasteiger partial charge is 0.439 e. The van der Waals surface area contributed by atoms with Crippen LogP contribution in [0.1, 0.15) is 30.6 Å². The molecule has 17 heavy (non-hydrogen) atoms. The zero-order chi connectivity index (χ0) is 13.0. The Balaban J connectivity index is 3.07. The molecule has 0 aliphatic rings. The Morgan fingerprint density at radius 1 is 1.59 bits per heavy atom. The number of aryl methyl sites for hydroxylation is 1. The summed E-state index contributed by atoms with van der Waals surface area (Å²) in [6.45, 7) is 3.68. The Kier molecular flexibility index (Phi) is 4.78. The minimum absolute atomic E-state index is 0.433. The van der Waals surface area contributed by atoms with Crippen molar-refractivity contribution in [2.45, 2.75) is 32.5 Å². The SMILES string of the molecule is CC[C@H](O)[C@@H](OC(N)=O)c1ccc(C)cc1Cl. The maximum Gasteiger partial charge on any atom is 0.405 e. The van der Waals surface area contributed by atoms with E-state index < -0.39 is 18.3 Å². The lowest BCUT2D eigenvalue weighted by molar-refractivity contribution is 0.00340. The zero-order valence-corrected chi connectivity index (χ0v) is 10.6. The van der Waals surface area contributed by atoms with Crippen molar-refractivity contribution in [3.05, 3.63) is 34.3 Å². The molecule has 0 radical (unpaired) electrons. The predicted molar refractivity (Wildman–Crippen MR) is 65.9 cm³/mol. The highest BCUT2D eigenvalue weighted by molar-refractivity contribution is 6.31. The van der Waals surface area contributed by atoms with Crippen molar-refractivity contribution in [2.24, 2.45) is 5.73 Å². The molecule has 0 spiro atoms. The van der Waals surface area contributed by atoms with Crippen LogP contribution in [0.2, 0.25) is 5.02 Å². The van der Waals surface area contributed by atoms with Crippen molar-refractivity contribution in [1.29, 1.82) is 0 Å². The van der Waals surface area contributed by atoms with Crippen LogP contribution in [-0.4, -0.2) is 17.3 Å². The number of benzene rings is 1. The molecule has 0 fully saturated rings. The van der Waals surface area contributed by atoms with Crippen LogP contribution in [0.5, 0.6) is 0 Å². The van der Waals surface area contributed by atoms with Gasteiger partial charge in [-0.15, -0.1) is 0 Å². The number of hydrogen-bond donors (Lipinski definition) is 2. The number of carbonyl (C=O) groups excluding carboxylic acids is 1. The molecule has 1 rings (SSSR count). The number of carbonyl (C=O) groups is 1. The first-order valence-corrected chi connectivity index (χ1v) is 5.73. The average molecular weight is 258 g/mol. The van der Waals surface area contributed by atoms with Crippen LogP contribution in [0.15, 0.2) is 18.2 Å². The van der Waals surface area contributed by atoms with Crippen LogP contribution in [0.3, 0.4) is 0 Å². The minimum Gasteiger partial charge on any atom is -0.439 e. The Bertz CT molecular complexity index is 409. The van der Waals surface area contributed by atoms with Crippen LogP contribution in [0.25, 0.3) is 0 Å². The monoisotopic (exact) mass is 257 g/mol. The number of halogens is 1. The van der Waals surface area contributed by atoms with Gasteiger partial charge in [0.15, 0.2) is 6.10 Å². The number of rotatable bonds is 4. The highest BCUT2D eigenvalue weighted by atomic mass is 35.5. The average Bonchev–Trinajstić information content (AvgIpc) is 2.25. The topological polar surface area (TPSA) is 72.6 Å². The van der Waals surface area contributed by atoms with Crippen LogP contribution in [-0.2, 0) is 4.74 Å². The number of aliphatic hydroxyl groups excluding tert-OH is 1. The molecule has 4 nitrogen and oxygen atoms in total. The van der Waals surface area contributed by atoms with Gasteiger partial charge in [-0.25, -0.2) is 4.79 Å². The van der Waals surface area contributed by atoms with Crippen molar-refractivity contribution in [1.82, 2.24) is 0 Å². The molecule has 94 valence electrons. The van der Waals surface area contributed by atoms with E-state index in [1.54, 1.807) is 19.1 Å². The molecule has 5 heteroatoms. The molecule has 0 aliphatic carbocycles. The number of aliphatic hydroxyl groups is 1. The summed E-state index contributed by atoms with van der Waals surface area (Å²) in [6, 6.07) is 5.31. The summed E-state index contributed by atoms with van der Waals surface area (Å²) in [5.41, 5.74) is 6.54. The fraction of sp³-hybridized carbons (Fsp3) is 0.417. The first-order valence-electron chi connectivity index (χ1n) is 5.36. The van der Waals surface area contributed by atoms with Gasteiger partial charge in [0.25, 0.3) is 0 Å². The number of hydrogen-bond acceptors (Lipinski definition) is 3. The summed E-state index contributed by atoms with van der Waals surface area (Å²) in [5, 5.41) is 10.3. The molecular weight excluding hydrogens is 242 g/mol. The molecule has 3 N–H and O–H groups in total. The second-order valence-corrected chi connectivity index (χ2v) is 4.27. The highest BCUT2D eigenvalue weighted by Gasteiger charge is 2.25. The van der Waals surface area contributed by atoms with Crippen LogP contribution in [0.4, 0.5) is 4.79 Å². The molecule has 1 amide bonds. The van der Waals surface area contributed by atoms with Gasteiger partial charge in [0, 0.05) is 10.6 Å². The van der Waals surface area contributed by atoms with E-state index in [4.69, 9.17) is 22.1 Å². The second kappa shape index (κ2) is 5.89. The second-order valence-electron chi connectivity index (χ2n) is 3.86. The summed E-state index contributed by atoms with van der Waals surface area (Å²) in [4.78, 5) is 10.8. The van der Waals surface area contributed by atoms with E-state index in [9.17, 15) is 9.90 Å². The highest BCUT2D eigenvalue weighted by Crippen LogP contribution is 2.30. The van der Waals surface area contributed by atoms with E-state index in [2.05, 4.69) is 0 Å². The summed E-state index contributed by atoms with van der Waals surface area (Å²) < 4.78 is 4.91. The molecule has 1 aromatic rings. The standard InChI is InChI=1S/C12H16ClNO3/c1-3-10(15)11(17-12(14)16)8-5-4-7(2)6-9(8)13/h4-6,10-11,15H,3H2,1-2H3,(H2,14,16)/t10-,11-/m0/s1. The van der Waals surface area contributed by atoms with Crippen molar-refractivity contribution in [2.75, 3.05) is 0 Å². The lowest BCUT2D eigenvalue weighted by Crippen LogP contribution is -2.26. The van der Waals surface area contributed by atoms with Crippen molar-refractivity contribution in [3.8, 4) is 0 Å². The van der Waals surface area contributed by atoms with Gasteiger partial charge < -0.3 is 15.6 Å². The fourth-order valence-electron chi connectivity index (χ4n) is 1.55. The summed E-state index contributed by atoms with van der Waals surface area (Å²) in [5.74, 6) is 0. The van der Waals surface area contributed by atoms with Gasteiger partial charge in [0.1, 0.15) is 0 Å². The number of amides is 1. The lowest BCUT2D eigenvalue weighted by Gasteiger charge is -2.22. The molecule has 0 aromatic heterocycles. The Morgan fingerprint density at radius 2 is 2.24 bits per heavy atom. The first-order chi connectivity index (χ1) is 7.95. The van der Waals surface area contributed by atoms with Crippen molar-refractivity contribution >= 4 is 17.7 Å². The normalized spacial score (nSPS) is 14.1. The smallest absolute Gasteiger partial charge is 0.405 e. The van der Waals surface area contributed by atoms with Crippen molar-refractivity contribution < 1.29 is 14.6 Å². The number of primary amides is 1. The van der Waals surface area contributed by atoms with Crippen LogP contribution in [0, 0.1) is 6.92 Å². The van der Waals surface area contributed by atoms with E-state index in [0.29, 0.717) is 17.0 Å². The van der Waals surface area contributed by atoms with E-state index in [1.807, 2.05) is 13.0 Å². The summed E-state index contributed by atoms with van der Waals surface area (Å²) >= 11 is 6.07. The van der Waals surface area contributed by atoms with Gasteiger partial charge in [0.05, 0.1) is 6.10 Å². The van der Waals surface area contributed by atoms with Gasteiger partial charge in [-0.3, -0.25) is 0 Å². The number of nitrogens with two attached hydrogens (primary N) is 1. The maximum atomic E-state index is 10.8. The first kappa shape index (κ1) is 13.8. The van der Waals surface area contributed by atoms with Gasteiger partial charge in [-0.05, 0) is 25.0 Å². The Morgan fingerprint density at radius 3 is 2.71 bits per heavy atom. The fourth-order valence-corrected chi connectivity index (χ4v) is 1.89. The molecule has 0 aliphatic heterocycles. The Labute approximate surface area is 105 Å². The quantitative estimate of drug-likeness (QED) is 0.871. The van der Waals surface area contributed by atoms with Gasteiger partial charge in [-0.1, -0.05) is 30.7 Å². The molecular formula is C12H16ClNO3. The minimum atomic E-state index is -0.931. The van der Waals surface area contributed by atoms with Crippen molar-refractivity contribution in [3.63, 3.8) is 0 Å². The molecule has 0 bridgehead atoms. The molecule has 0 heterocycles. The predicted octanol–water partition coefficient (Wildman–Crippen LogP) is 2.56. The lowest BCUT2D eigenvalue weighted by atomic mass is 10.0. The third kappa shape index (κ3) is 3.61. The summed E-state index contributed by atoms with van der Waals surface area (Å²) in [6.07, 6.45) is -2.16. The third-order valence-corrected chi connectivity index (χ3v) is 2.80. The third-order valence-electron chi connectivity index (χ3n) is 2.47. The van der Waals surface area contributed by atoms with E-state index in [1.165, 1.54) is 0 Å². The van der Waals surface area contributed by atoms with Gasteiger partial charge in [0.2, 0.25) is 0 Å². The zero-order valence-electron chi connectivity index (χ0n) is 9.81. The molecule has 0 unspecified atom stereocenters. The van der Waals surface area contributed by atoms with Gasteiger partial charge >= 0.3 is 6.09 Å².